The predicted molar refractivity (Wildman–Crippen MR) is 67.9 cm³/mol. The third-order valence-corrected chi connectivity index (χ3v) is 5.97. The molecule has 4 heteroatoms. The summed E-state index contributed by atoms with van der Waals surface area (Å²) in [7, 11) is 0. The highest BCUT2D eigenvalue weighted by molar-refractivity contribution is 5.08. The molecular weight excluding hydrogens is 244 g/mol. The fraction of sp³-hybridized carbons (Fsp3) is 1.00. The van der Waals surface area contributed by atoms with Gasteiger partial charge in [-0.3, -0.25) is 0 Å². The average Bonchev–Trinajstić information content (AvgIpc) is 2.61. The number of ether oxygens (including phenoxy) is 2. The Morgan fingerprint density at radius 1 is 0.947 bits per heavy atom. The van der Waals surface area contributed by atoms with Crippen LogP contribution in [0, 0.1) is 23.7 Å². The van der Waals surface area contributed by atoms with E-state index >= 15 is 0 Å². The molecular formula is C15H24O4. The second kappa shape index (κ2) is 3.94. The van der Waals surface area contributed by atoms with Crippen LogP contribution in [0.4, 0.5) is 0 Å². The number of rotatable bonds is 0. The van der Waals surface area contributed by atoms with Crippen molar-refractivity contribution in [2.75, 3.05) is 6.61 Å². The van der Waals surface area contributed by atoms with Crippen LogP contribution >= 0.6 is 0 Å². The second-order valence-electron chi connectivity index (χ2n) is 7.22. The summed E-state index contributed by atoms with van der Waals surface area (Å²) in [5, 5.41) is 0. The normalized spacial score (nSPS) is 60.5. The largest absolute Gasteiger partial charge is 0.349 e. The van der Waals surface area contributed by atoms with Gasteiger partial charge in [-0.1, -0.05) is 13.8 Å². The number of fused-ring (bicyclic) bond motifs is 2. The van der Waals surface area contributed by atoms with E-state index in [0.29, 0.717) is 23.7 Å². The monoisotopic (exact) mass is 268 g/mol. The lowest BCUT2D eigenvalue weighted by Gasteiger charge is -2.58. The molecule has 1 spiro atoms. The Balaban J connectivity index is 1.81. The molecule has 1 saturated carbocycles. The fourth-order valence-corrected chi connectivity index (χ4v) is 4.88. The molecule has 0 amide bonds. The maximum Gasteiger partial charge on any atom is 0.201 e. The summed E-state index contributed by atoms with van der Waals surface area (Å²) in [6.45, 7) is 7.36. The minimum atomic E-state index is -0.627. The summed E-state index contributed by atoms with van der Waals surface area (Å²) in [4.78, 5) is 11.7. The van der Waals surface area contributed by atoms with Crippen LogP contribution in [0.15, 0.2) is 0 Å². The topological polar surface area (TPSA) is 36.9 Å². The first kappa shape index (κ1) is 12.6. The molecule has 4 nitrogen and oxygen atoms in total. The van der Waals surface area contributed by atoms with Crippen molar-refractivity contribution in [3.05, 3.63) is 0 Å². The van der Waals surface area contributed by atoms with Crippen molar-refractivity contribution in [1.29, 1.82) is 0 Å². The van der Waals surface area contributed by atoms with E-state index in [9.17, 15) is 0 Å². The van der Waals surface area contributed by atoms with Gasteiger partial charge < -0.3 is 9.47 Å². The lowest BCUT2D eigenvalue weighted by atomic mass is 9.58. The number of hydrogen-bond acceptors (Lipinski definition) is 4. The lowest BCUT2D eigenvalue weighted by Crippen LogP contribution is -2.68. The van der Waals surface area contributed by atoms with E-state index in [-0.39, 0.29) is 11.9 Å². The quantitative estimate of drug-likeness (QED) is 0.633. The Bertz CT molecular complexity index is 386. The first-order valence-electron chi connectivity index (χ1n) is 7.71. The van der Waals surface area contributed by atoms with Crippen LogP contribution in [0.3, 0.4) is 0 Å². The van der Waals surface area contributed by atoms with E-state index in [2.05, 4.69) is 13.8 Å². The van der Waals surface area contributed by atoms with Crippen molar-refractivity contribution < 1.29 is 19.2 Å². The van der Waals surface area contributed by atoms with Gasteiger partial charge in [-0.15, -0.1) is 0 Å². The van der Waals surface area contributed by atoms with Crippen molar-refractivity contribution in [3.8, 4) is 0 Å². The van der Waals surface area contributed by atoms with Gasteiger partial charge in [0.25, 0.3) is 0 Å². The molecule has 0 N–H and O–H groups in total. The zero-order valence-corrected chi connectivity index (χ0v) is 12.1. The molecule has 4 heterocycles. The highest BCUT2D eigenvalue weighted by Crippen LogP contribution is 2.59. The summed E-state index contributed by atoms with van der Waals surface area (Å²) in [5.74, 6) is 1.53. The van der Waals surface area contributed by atoms with Crippen molar-refractivity contribution in [3.63, 3.8) is 0 Å². The van der Waals surface area contributed by atoms with Crippen molar-refractivity contribution in [1.82, 2.24) is 0 Å². The first-order chi connectivity index (χ1) is 9.05. The molecule has 7 atom stereocenters. The van der Waals surface area contributed by atoms with Gasteiger partial charge in [0.15, 0.2) is 11.9 Å². The van der Waals surface area contributed by atoms with Gasteiger partial charge in [-0.05, 0) is 43.9 Å². The predicted octanol–water partition coefficient (Wildman–Crippen LogP) is 2.87. The van der Waals surface area contributed by atoms with E-state index < -0.39 is 5.79 Å². The molecule has 5 rings (SSSR count). The fourth-order valence-electron chi connectivity index (χ4n) is 4.88. The maximum absolute atomic E-state index is 6.16. The minimum absolute atomic E-state index is 0.248. The molecule has 5 fully saturated rings. The number of hydrogen-bond donors (Lipinski definition) is 0. The zero-order valence-electron chi connectivity index (χ0n) is 12.1. The first-order valence-corrected chi connectivity index (χ1v) is 7.71. The summed E-state index contributed by atoms with van der Waals surface area (Å²) < 4.78 is 12.2. The molecule has 2 bridgehead atoms. The highest BCUT2D eigenvalue weighted by atomic mass is 17.3. The molecule has 4 saturated heterocycles. The molecule has 19 heavy (non-hydrogen) atoms. The van der Waals surface area contributed by atoms with Crippen molar-refractivity contribution in [2.45, 2.75) is 64.1 Å². The summed E-state index contributed by atoms with van der Waals surface area (Å²) in [6.07, 6.45) is 4.24. The minimum Gasteiger partial charge on any atom is -0.349 e. The zero-order chi connectivity index (χ0) is 13.3. The van der Waals surface area contributed by atoms with E-state index in [1.807, 2.05) is 6.92 Å². The van der Waals surface area contributed by atoms with E-state index in [1.54, 1.807) is 0 Å². The SMILES string of the molecule is CC1CO[C@H]2OC3(C)CC[C@H]4[C@H](C)CCC1C24OO3. The summed E-state index contributed by atoms with van der Waals surface area (Å²) in [6, 6.07) is 0. The summed E-state index contributed by atoms with van der Waals surface area (Å²) in [5.41, 5.74) is -0.370. The molecule has 0 aromatic rings. The van der Waals surface area contributed by atoms with E-state index in [1.165, 1.54) is 12.8 Å². The maximum atomic E-state index is 6.16. The Morgan fingerprint density at radius 2 is 1.74 bits per heavy atom. The van der Waals surface area contributed by atoms with Crippen LogP contribution in [0.25, 0.3) is 0 Å². The Labute approximate surface area is 114 Å². The third-order valence-electron chi connectivity index (χ3n) is 5.97. The standard InChI is InChI=1S/C15H24O4/c1-9-4-5-11-10(2)8-16-13-15(11)12(9)6-7-14(3,17-13)18-19-15/h9-13H,4-8H2,1-3H3/t9-,10?,11?,12+,13+,14?,15?/m1/s1. The molecule has 5 aliphatic rings. The average molecular weight is 268 g/mol. The van der Waals surface area contributed by atoms with Crippen LogP contribution in [-0.2, 0) is 19.2 Å². The lowest BCUT2D eigenvalue weighted by molar-refractivity contribution is -0.566. The van der Waals surface area contributed by atoms with Gasteiger partial charge in [0.2, 0.25) is 5.79 Å². The van der Waals surface area contributed by atoms with Crippen molar-refractivity contribution in [2.24, 2.45) is 23.7 Å². The van der Waals surface area contributed by atoms with Gasteiger partial charge in [-0.2, -0.15) is 0 Å². The van der Waals surface area contributed by atoms with Crippen LogP contribution in [0.1, 0.15) is 46.5 Å². The molecule has 0 aromatic carbocycles. The third kappa shape index (κ3) is 1.54. The van der Waals surface area contributed by atoms with Gasteiger partial charge in [-0.25, -0.2) is 9.78 Å². The van der Waals surface area contributed by atoms with Crippen LogP contribution in [-0.4, -0.2) is 24.3 Å². The Kier molecular flexibility index (Phi) is 2.61. The summed E-state index contributed by atoms with van der Waals surface area (Å²) >= 11 is 0. The van der Waals surface area contributed by atoms with Crippen LogP contribution in [0.5, 0.6) is 0 Å². The Hall–Kier alpha value is -0.160. The second-order valence-corrected chi connectivity index (χ2v) is 7.22. The highest BCUT2D eigenvalue weighted by Gasteiger charge is 2.67. The molecule has 0 aromatic heterocycles. The van der Waals surface area contributed by atoms with Gasteiger partial charge in [0.1, 0.15) is 0 Å². The van der Waals surface area contributed by atoms with E-state index in [4.69, 9.17) is 19.2 Å². The van der Waals surface area contributed by atoms with Crippen molar-refractivity contribution >= 4 is 0 Å². The van der Waals surface area contributed by atoms with Gasteiger partial charge in [0, 0.05) is 12.3 Å². The molecule has 108 valence electrons. The van der Waals surface area contributed by atoms with Crippen LogP contribution in [0.2, 0.25) is 0 Å². The molecule has 1 aliphatic carbocycles. The van der Waals surface area contributed by atoms with E-state index in [0.717, 1.165) is 19.4 Å². The molecule has 4 aliphatic heterocycles. The van der Waals surface area contributed by atoms with Crippen LogP contribution < -0.4 is 0 Å². The van der Waals surface area contributed by atoms with Gasteiger partial charge in [0.05, 0.1) is 6.61 Å². The molecule has 0 radical (unpaired) electrons. The molecule has 4 unspecified atom stereocenters. The Morgan fingerprint density at radius 3 is 2.58 bits per heavy atom. The van der Waals surface area contributed by atoms with Gasteiger partial charge >= 0.3 is 0 Å². The smallest absolute Gasteiger partial charge is 0.201 e.